The standard InChI is InChI=1S/C23H29ClFN5O2S/c1-3-4-5-10-22(32)30-12-11-29(14-16(30)2)20-13-19(24)27-23(28-20)33-15-21(31)26-18-9-7-6-8-17(18)25/h6-9,13,16H,3-5,10-12,14-15H2,1-2H3,(H,26,31). The van der Waals surface area contributed by atoms with Crippen LogP contribution in [0, 0.1) is 5.82 Å². The molecule has 1 saturated heterocycles. The third kappa shape index (κ3) is 7.30. The number of hydrogen-bond donors (Lipinski definition) is 1. The first-order valence-electron chi connectivity index (χ1n) is 11.1. The van der Waals surface area contributed by atoms with Crippen molar-refractivity contribution in [3.8, 4) is 0 Å². The van der Waals surface area contributed by atoms with E-state index in [0.717, 1.165) is 31.0 Å². The Hall–Kier alpha value is -2.39. The smallest absolute Gasteiger partial charge is 0.234 e. The maximum absolute atomic E-state index is 13.7. The van der Waals surface area contributed by atoms with E-state index in [1.165, 1.54) is 12.1 Å². The molecule has 0 aliphatic carbocycles. The monoisotopic (exact) mass is 493 g/mol. The fourth-order valence-electron chi connectivity index (χ4n) is 3.70. The normalized spacial score (nSPS) is 16.1. The van der Waals surface area contributed by atoms with Crippen LogP contribution in [0.4, 0.5) is 15.9 Å². The molecule has 0 saturated carbocycles. The molecule has 1 fully saturated rings. The first-order valence-corrected chi connectivity index (χ1v) is 12.5. The number of hydrogen-bond acceptors (Lipinski definition) is 6. The van der Waals surface area contributed by atoms with E-state index in [9.17, 15) is 14.0 Å². The summed E-state index contributed by atoms with van der Waals surface area (Å²) in [7, 11) is 0. The van der Waals surface area contributed by atoms with E-state index in [1.54, 1.807) is 18.2 Å². The molecule has 1 unspecified atom stereocenters. The fourth-order valence-corrected chi connectivity index (χ4v) is 4.58. The lowest BCUT2D eigenvalue weighted by Gasteiger charge is -2.40. The Bertz CT molecular complexity index is 980. The van der Waals surface area contributed by atoms with Crippen molar-refractivity contribution in [3.05, 3.63) is 41.3 Å². The molecule has 10 heteroatoms. The zero-order chi connectivity index (χ0) is 23.8. The van der Waals surface area contributed by atoms with Gasteiger partial charge in [0.05, 0.1) is 11.4 Å². The molecule has 178 valence electrons. The van der Waals surface area contributed by atoms with Gasteiger partial charge in [0.15, 0.2) is 5.16 Å². The number of para-hydroxylation sites is 1. The summed E-state index contributed by atoms with van der Waals surface area (Å²) >= 11 is 7.35. The summed E-state index contributed by atoms with van der Waals surface area (Å²) in [5.41, 5.74) is 0.131. The van der Waals surface area contributed by atoms with E-state index < -0.39 is 5.82 Å². The number of halogens is 2. The largest absolute Gasteiger partial charge is 0.353 e. The number of anilines is 2. The van der Waals surface area contributed by atoms with Gasteiger partial charge in [0.2, 0.25) is 11.8 Å². The van der Waals surface area contributed by atoms with Crippen LogP contribution in [0.15, 0.2) is 35.5 Å². The summed E-state index contributed by atoms with van der Waals surface area (Å²) in [6.07, 6.45) is 3.68. The minimum Gasteiger partial charge on any atom is -0.353 e. The lowest BCUT2D eigenvalue weighted by Crippen LogP contribution is -2.54. The second kappa shape index (κ2) is 12.2. The van der Waals surface area contributed by atoms with Gasteiger partial charge >= 0.3 is 0 Å². The SMILES string of the molecule is CCCCCC(=O)N1CCN(c2cc(Cl)nc(SCC(=O)Nc3ccccc3F)n2)CC1C. The molecule has 1 aliphatic heterocycles. The van der Waals surface area contributed by atoms with Crippen molar-refractivity contribution in [1.29, 1.82) is 0 Å². The Labute approximate surface area is 203 Å². The Morgan fingerprint density at radius 1 is 1.24 bits per heavy atom. The van der Waals surface area contributed by atoms with Crippen molar-refractivity contribution < 1.29 is 14.0 Å². The highest BCUT2D eigenvalue weighted by Gasteiger charge is 2.28. The molecule has 0 radical (unpaired) electrons. The van der Waals surface area contributed by atoms with Gasteiger partial charge in [0.1, 0.15) is 16.8 Å². The predicted molar refractivity (Wildman–Crippen MR) is 130 cm³/mol. The highest BCUT2D eigenvalue weighted by molar-refractivity contribution is 7.99. The van der Waals surface area contributed by atoms with E-state index in [-0.39, 0.29) is 34.4 Å². The Morgan fingerprint density at radius 2 is 2.03 bits per heavy atom. The van der Waals surface area contributed by atoms with Gasteiger partial charge in [-0.15, -0.1) is 0 Å². The van der Waals surface area contributed by atoms with Crippen molar-refractivity contribution >= 4 is 46.7 Å². The van der Waals surface area contributed by atoms with Crippen LogP contribution < -0.4 is 10.2 Å². The van der Waals surface area contributed by atoms with Crippen LogP contribution in [0.1, 0.15) is 39.5 Å². The second-order valence-corrected chi connectivity index (χ2v) is 9.32. The molecule has 0 bridgehead atoms. The molecule has 1 aromatic heterocycles. The lowest BCUT2D eigenvalue weighted by molar-refractivity contribution is -0.133. The van der Waals surface area contributed by atoms with Gasteiger partial charge < -0.3 is 15.1 Å². The molecular formula is C23H29ClFN5O2S. The molecule has 1 aromatic carbocycles. The summed E-state index contributed by atoms with van der Waals surface area (Å²) in [4.78, 5) is 37.5. The second-order valence-electron chi connectivity index (χ2n) is 7.99. The summed E-state index contributed by atoms with van der Waals surface area (Å²) in [5.74, 6) is 0.0311. The third-order valence-electron chi connectivity index (χ3n) is 5.41. The van der Waals surface area contributed by atoms with Crippen LogP contribution >= 0.6 is 23.4 Å². The highest BCUT2D eigenvalue weighted by Crippen LogP contribution is 2.25. The molecule has 2 amide bonds. The molecule has 3 rings (SSSR count). The number of carbonyl (C=O) groups is 2. The number of piperazine rings is 1. The number of nitrogens with zero attached hydrogens (tertiary/aromatic N) is 4. The number of aromatic nitrogens is 2. The van der Waals surface area contributed by atoms with Gasteiger partial charge in [-0.25, -0.2) is 14.4 Å². The van der Waals surface area contributed by atoms with Gasteiger partial charge in [0, 0.05) is 38.2 Å². The van der Waals surface area contributed by atoms with Crippen molar-refractivity contribution in [2.75, 3.05) is 35.6 Å². The summed E-state index contributed by atoms with van der Waals surface area (Å²) in [6.45, 7) is 6.08. The summed E-state index contributed by atoms with van der Waals surface area (Å²) in [5, 5.41) is 3.19. The van der Waals surface area contributed by atoms with Crippen molar-refractivity contribution in [1.82, 2.24) is 14.9 Å². The number of nitrogens with one attached hydrogen (secondary N) is 1. The highest BCUT2D eigenvalue weighted by atomic mass is 35.5. The molecule has 0 spiro atoms. The molecular weight excluding hydrogens is 465 g/mol. The number of carbonyl (C=O) groups excluding carboxylic acids is 2. The van der Waals surface area contributed by atoms with E-state index >= 15 is 0 Å². The van der Waals surface area contributed by atoms with E-state index in [2.05, 4.69) is 27.1 Å². The Kier molecular flexibility index (Phi) is 9.31. The van der Waals surface area contributed by atoms with Crippen LogP contribution in [-0.2, 0) is 9.59 Å². The van der Waals surface area contributed by atoms with Crippen molar-refractivity contribution in [3.63, 3.8) is 0 Å². The maximum Gasteiger partial charge on any atom is 0.234 e. The van der Waals surface area contributed by atoms with E-state index in [4.69, 9.17) is 11.6 Å². The molecule has 2 heterocycles. The summed E-state index contributed by atoms with van der Waals surface area (Å²) < 4.78 is 13.7. The van der Waals surface area contributed by atoms with Gasteiger partial charge in [-0.3, -0.25) is 9.59 Å². The number of unbranched alkanes of at least 4 members (excludes halogenated alkanes) is 2. The number of thioether (sulfide) groups is 1. The molecule has 1 N–H and O–H groups in total. The Morgan fingerprint density at radius 3 is 2.76 bits per heavy atom. The average molecular weight is 494 g/mol. The number of amides is 2. The Balaban J connectivity index is 1.57. The molecule has 1 aliphatic rings. The topological polar surface area (TPSA) is 78.4 Å². The van der Waals surface area contributed by atoms with Crippen molar-refractivity contribution in [2.24, 2.45) is 0 Å². The predicted octanol–water partition coefficient (Wildman–Crippen LogP) is 4.62. The molecule has 2 aromatic rings. The first-order chi connectivity index (χ1) is 15.9. The summed E-state index contributed by atoms with van der Waals surface area (Å²) in [6, 6.07) is 7.75. The molecule has 33 heavy (non-hydrogen) atoms. The average Bonchev–Trinajstić information content (AvgIpc) is 2.79. The van der Waals surface area contributed by atoms with Gasteiger partial charge in [-0.2, -0.15) is 0 Å². The molecule has 1 atom stereocenters. The fraction of sp³-hybridized carbons (Fsp3) is 0.478. The van der Waals surface area contributed by atoms with Crippen LogP contribution in [0.2, 0.25) is 5.15 Å². The van der Waals surface area contributed by atoms with Gasteiger partial charge in [0.25, 0.3) is 0 Å². The van der Waals surface area contributed by atoms with Gasteiger partial charge in [-0.05, 0) is 25.5 Å². The number of rotatable bonds is 9. The van der Waals surface area contributed by atoms with E-state index in [0.29, 0.717) is 37.0 Å². The minimum atomic E-state index is -0.491. The minimum absolute atomic E-state index is 0.0184. The first kappa shape index (κ1) is 25.2. The van der Waals surface area contributed by atoms with Gasteiger partial charge in [-0.1, -0.05) is 55.3 Å². The lowest BCUT2D eigenvalue weighted by atomic mass is 10.1. The van der Waals surface area contributed by atoms with Crippen LogP contribution in [-0.4, -0.2) is 58.1 Å². The van der Waals surface area contributed by atoms with Crippen LogP contribution in [0.3, 0.4) is 0 Å². The maximum atomic E-state index is 13.7. The zero-order valence-electron chi connectivity index (χ0n) is 18.9. The number of benzene rings is 1. The van der Waals surface area contributed by atoms with Crippen LogP contribution in [0.5, 0.6) is 0 Å². The third-order valence-corrected chi connectivity index (χ3v) is 6.45. The van der Waals surface area contributed by atoms with Crippen molar-refractivity contribution in [2.45, 2.75) is 50.7 Å². The zero-order valence-corrected chi connectivity index (χ0v) is 20.5. The quantitative estimate of drug-likeness (QED) is 0.238. The van der Waals surface area contributed by atoms with E-state index in [1.807, 2.05) is 11.8 Å². The molecule has 7 nitrogen and oxygen atoms in total. The van der Waals surface area contributed by atoms with Crippen LogP contribution in [0.25, 0.3) is 0 Å².